The lowest BCUT2D eigenvalue weighted by Gasteiger charge is -2.23. The van der Waals surface area contributed by atoms with Crippen LogP contribution in [0, 0.1) is 0 Å². The monoisotopic (exact) mass is 257 g/mol. The second-order valence-corrected chi connectivity index (χ2v) is 5.61. The Bertz CT molecular complexity index is 194. The Hall–Kier alpha value is 0.400. The van der Waals surface area contributed by atoms with Crippen LogP contribution in [0.3, 0.4) is 0 Å². The molecular formula is C9H21ClNO3P. The first kappa shape index (κ1) is 15.4. The predicted octanol–water partition coefficient (Wildman–Crippen LogP) is 2.77. The Morgan fingerprint density at radius 3 is 2.20 bits per heavy atom. The van der Waals surface area contributed by atoms with E-state index >= 15 is 0 Å². The first-order valence-electron chi connectivity index (χ1n) is 5.20. The van der Waals surface area contributed by atoms with E-state index in [4.69, 9.17) is 20.6 Å². The highest BCUT2D eigenvalue weighted by Crippen LogP contribution is 2.48. The zero-order valence-corrected chi connectivity index (χ0v) is 11.4. The minimum atomic E-state index is -2.93. The van der Waals surface area contributed by atoms with E-state index in [9.17, 15) is 4.57 Å². The summed E-state index contributed by atoms with van der Waals surface area (Å²) in [5.41, 5.74) is 0. The topological polar surface area (TPSA) is 38.8 Å². The molecule has 0 amide bonds. The van der Waals surface area contributed by atoms with Gasteiger partial charge in [0, 0.05) is 5.88 Å². The van der Waals surface area contributed by atoms with Crippen LogP contribution in [0.1, 0.15) is 20.3 Å². The van der Waals surface area contributed by atoms with Crippen molar-refractivity contribution in [3.63, 3.8) is 0 Å². The quantitative estimate of drug-likeness (QED) is 0.470. The standard InChI is InChI=1S/C9H21ClNO3P/c1-4-13-15(12,14-5-2)9-11(3)8-6-7-10/h4-9H2,1-3H3. The highest BCUT2D eigenvalue weighted by Gasteiger charge is 2.25. The lowest BCUT2D eigenvalue weighted by molar-refractivity contribution is 0.203. The molecule has 0 radical (unpaired) electrons. The predicted molar refractivity (Wildman–Crippen MR) is 63.7 cm³/mol. The fourth-order valence-electron chi connectivity index (χ4n) is 1.21. The number of hydrogen-bond acceptors (Lipinski definition) is 4. The van der Waals surface area contributed by atoms with Crippen molar-refractivity contribution < 1.29 is 13.6 Å². The van der Waals surface area contributed by atoms with Gasteiger partial charge in [-0.1, -0.05) is 0 Å². The molecule has 4 nitrogen and oxygen atoms in total. The molecule has 0 saturated carbocycles. The molecule has 0 aromatic rings. The molecular weight excluding hydrogens is 237 g/mol. The third-order valence-electron chi connectivity index (χ3n) is 1.74. The van der Waals surface area contributed by atoms with Crippen LogP contribution in [-0.4, -0.2) is 43.9 Å². The summed E-state index contributed by atoms with van der Waals surface area (Å²) in [6, 6.07) is 0. The van der Waals surface area contributed by atoms with Crippen LogP contribution in [-0.2, 0) is 13.6 Å². The molecule has 0 heterocycles. The van der Waals surface area contributed by atoms with Crippen molar-refractivity contribution in [1.82, 2.24) is 4.90 Å². The zero-order valence-electron chi connectivity index (χ0n) is 9.74. The highest BCUT2D eigenvalue weighted by molar-refractivity contribution is 7.53. The summed E-state index contributed by atoms with van der Waals surface area (Å²) in [5.74, 6) is 0.609. The van der Waals surface area contributed by atoms with Gasteiger partial charge in [0.15, 0.2) is 0 Å². The van der Waals surface area contributed by atoms with Gasteiger partial charge in [0.25, 0.3) is 0 Å². The van der Waals surface area contributed by atoms with Crippen molar-refractivity contribution in [3.8, 4) is 0 Å². The third kappa shape index (κ3) is 7.31. The first-order chi connectivity index (χ1) is 7.08. The van der Waals surface area contributed by atoms with Gasteiger partial charge in [-0.25, -0.2) is 0 Å². The zero-order chi connectivity index (χ0) is 11.7. The molecule has 0 N–H and O–H groups in total. The molecule has 0 bridgehead atoms. The van der Waals surface area contributed by atoms with E-state index in [1.807, 2.05) is 25.8 Å². The lowest BCUT2D eigenvalue weighted by atomic mass is 10.5. The van der Waals surface area contributed by atoms with Gasteiger partial charge in [-0.05, 0) is 33.9 Å². The van der Waals surface area contributed by atoms with Gasteiger partial charge in [-0.2, -0.15) is 0 Å². The maximum Gasteiger partial charge on any atom is 0.344 e. The molecule has 0 saturated heterocycles. The Kier molecular flexibility index (Phi) is 8.77. The van der Waals surface area contributed by atoms with Crippen LogP contribution in [0.15, 0.2) is 0 Å². The van der Waals surface area contributed by atoms with Gasteiger partial charge >= 0.3 is 7.60 Å². The fourth-order valence-corrected chi connectivity index (χ4v) is 3.09. The van der Waals surface area contributed by atoms with E-state index < -0.39 is 7.60 Å². The molecule has 0 fully saturated rings. The fraction of sp³-hybridized carbons (Fsp3) is 1.00. The highest BCUT2D eigenvalue weighted by atomic mass is 35.5. The molecule has 0 spiro atoms. The van der Waals surface area contributed by atoms with Crippen LogP contribution >= 0.6 is 19.2 Å². The van der Waals surface area contributed by atoms with Crippen LogP contribution in [0.4, 0.5) is 0 Å². The SMILES string of the molecule is CCOP(=O)(CN(C)CCCCl)OCC. The Balaban J connectivity index is 4.08. The smallest absolute Gasteiger partial charge is 0.308 e. The van der Waals surface area contributed by atoms with Gasteiger partial charge in [-0.3, -0.25) is 9.46 Å². The van der Waals surface area contributed by atoms with E-state index in [1.165, 1.54) is 0 Å². The summed E-state index contributed by atoms with van der Waals surface area (Å²) in [6.07, 6.45) is 1.20. The van der Waals surface area contributed by atoms with Crippen molar-refractivity contribution in [2.45, 2.75) is 20.3 Å². The van der Waals surface area contributed by atoms with Crippen LogP contribution in [0.5, 0.6) is 0 Å². The first-order valence-corrected chi connectivity index (χ1v) is 7.46. The largest absolute Gasteiger partial charge is 0.344 e. The maximum atomic E-state index is 12.1. The number of rotatable bonds is 9. The van der Waals surface area contributed by atoms with Gasteiger partial charge in [0.05, 0.1) is 13.2 Å². The summed E-state index contributed by atoms with van der Waals surface area (Å²) in [7, 11) is -1.05. The van der Waals surface area contributed by atoms with Crippen molar-refractivity contribution in [2.75, 3.05) is 39.0 Å². The lowest BCUT2D eigenvalue weighted by Crippen LogP contribution is -2.22. The van der Waals surface area contributed by atoms with Crippen molar-refractivity contribution in [3.05, 3.63) is 0 Å². The molecule has 6 heteroatoms. The van der Waals surface area contributed by atoms with Crippen LogP contribution in [0.2, 0.25) is 0 Å². The molecule has 0 aromatic carbocycles. The van der Waals surface area contributed by atoms with Gasteiger partial charge in [-0.15, -0.1) is 11.6 Å². The van der Waals surface area contributed by atoms with E-state index in [2.05, 4.69) is 0 Å². The van der Waals surface area contributed by atoms with Crippen LogP contribution < -0.4 is 0 Å². The molecule has 0 aliphatic carbocycles. The summed E-state index contributed by atoms with van der Waals surface area (Å²) >= 11 is 5.58. The Labute approximate surface area is 97.4 Å². The van der Waals surface area contributed by atoms with Crippen molar-refractivity contribution >= 4 is 19.2 Å². The molecule has 15 heavy (non-hydrogen) atoms. The van der Waals surface area contributed by atoms with E-state index in [0.717, 1.165) is 13.0 Å². The molecule has 0 aliphatic rings. The van der Waals surface area contributed by atoms with Gasteiger partial charge in [0.2, 0.25) is 0 Å². The number of halogens is 1. The molecule has 0 unspecified atom stereocenters. The van der Waals surface area contributed by atoms with Crippen molar-refractivity contribution in [2.24, 2.45) is 0 Å². The van der Waals surface area contributed by atoms with Crippen molar-refractivity contribution in [1.29, 1.82) is 0 Å². The Morgan fingerprint density at radius 1 is 1.27 bits per heavy atom. The summed E-state index contributed by atoms with van der Waals surface area (Å²) in [5, 5.41) is 0. The molecule has 92 valence electrons. The second-order valence-electron chi connectivity index (χ2n) is 3.21. The summed E-state index contributed by atoms with van der Waals surface area (Å²) in [6.45, 7) is 5.23. The normalized spacial score (nSPS) is 12.3. The van der Waals surface area contributed by atoms with Gasteiger partial charge in [0.1, 0.15) is 6.29 Å². The average molecular weight is 258 g/mol. The molecule has 0 aliphatic heterocycles. The maximum absolute atomic E-state index is 12.1. The molecule has 0 atom stereocenters. The molecule has 0 rings (SSSR count). The summed E-state index contributed by atoms with van der Waals surface area (Å²) in [4.78, 5) is 1.93. The minimum absolute atomic E-state index is 0.325. The number of nitrogens with zero attached hydrogens (tertiary/aromatic N) is 1. The van der Waals surface area contributed by atoms with Crippen LogP contribution in [0.25, 0.3) is 0 Å². The van der Waals surface area contributed by atoms with Gasteiger partial charge < -0.3 is 9.05 Å². The summed E-state index contributed by atoms with van der Waals surface area (Å²) < 4.78 is 22.4. The average Bonchev–Trinajstić information content (AvgIpc) is 2.15. The third-order valence-corrected chi connectivity index (χ3v) is 4.14. The number of hydrogen-bond donors (Lipinski definition) is 0. The Morgan fingerprint density at radius 2 is 1.80 bits per heavy atom. The van der Waals surface area contributed by atoms with E-state index in [-0.39, 0.29) is 0 Å². The number of alkyl halides is 1. The van der Waals surface area contributed by atoms with E-state index in [0.29, 0.717) is 25.4 Å². The van der Waals surface area contributed by atoms with E-state index in [1.54, 1.807) is 0 Å². The second kappa shape index (κ2) is 8.54. The minimum Gasteiger partial charge on any atom is -0.308 e. The molecule has 0 aromatic heterocycles.